The van der Waals surface area contributed by atoms with Gasteiger partial charge in [0.05, 0.1) is 6.61 Å². The van der Waals surface area contributed by atoms with Gasteiger partial charge in [0.1, 0.15) is 10.9 Å². The minimum absolute atomic E-state index is 0.341. The molecule has 5 nitrogen and oxygen atoms in total. The Bertz CT molecular complexity index is 1650. The van der Waals surface area contributed by atoms with Gasteiger partial charge < -0.3 is 14.7 Å². The van der Waals surface area contributed by atoms with E-state index in [-0.39, 0.29) is 0 Å². The fourth-order valence-corrected chi connectivity index (χ4v) is 7.69. The van der Waals surface area contributed by atoms with E-state index < -0.39 is 23.1 Å². The van der Waals surface area contributed by atoms with E-state index in [0.29, 0.717) is 13.0 Å². The Balaban J connectivity index is 1.41. The van der Waals surface area contributed by atoms with Crippen LogP contribution in [0.25, 0.3) is 0 Å². The third-order valence-electron chi connectivity index (χ3n) is 8.78. The molecule has 0 saturated heterocycles. The van der Waals surface area contributed by atoms with Crippen molar-refractivity contribution in [1.29, 1.82) is 0 Å². The van der Waals surface area contributed by atoms with E-state index >= 15 is 0 Å². The lowest BCUT2D eigenvalue weighted by Gasteiger charge is -2.36. The van der Waals surface area contributed by atoms with Crippen molar-refractivity contribution in [2.24, 2.45) is 0 Å². The lowest BCUT2D eigenvalue weighted by Crippen LogP contribution is -2.32. The van der Waals surface area contributed by atoms with Gasteiger partial charge in [0.2, 0.25) is 6.04 Å². The Kier molecular flexibility index (Phi) is 9.81. The van der Waals surface area contributed by atoms with Crippen LogP contribution in [0.1, 0.15) is 56.7 Å². The fraction of sp³-hybridized carbons (Fsp3) is 0.250. The van der Waals surface area contributed by atoms with Crippen molar-refractivity contribution in [1.82, 2.24) is 4.90 Å². The van der Waals surface area contributed by atoms with Crippen molar-refractivity contribution in [3.8, 4) is 0 Å². The highest BCUT2D eigenvalue weighted by Crippen LogP contribution is 2.47. The molecule has 0 spiro atoms. The molecule has 0 radical (unpaired) electrons. The van der Waals surface area contributed by atoms with Crippen molar-refractivity contribution in [3.63, 3.8) is 0 Å². The third-order valence-corrected chi connectivity index (χ3v) is 10.2. The van der Waals surface area contributed by atoms with E-state index in [1.165, 1.54) is 0 Å². The zero-order chi connectivity index (χ0) is 32.1. The molecule has 0 fully saturated rings. The van der Waals surface area contributed by atoms with E-state index in [1.54, 1.807) is 11.8 Å². The molecule has 1 N–H and O–H groups in total. The molecule has 0 saturated carbocycles. The number of ether oxygens (including phenoxy) is 1. The van der Waals surface area contributed by atoms with Gasteiger partial charge in [-0.1, -0.05) is 133 Å². The third kappa shape index (κ3) is 6.58. The standard InChI is InChI=1S/C40H41N2O3S/c1-29-19-22-31(23-20-29)38-39(43)42(44)36(25-26-41(2)3)35-24-21-30(27-37(35)46-38)28-45-40(32-13-7-4-8-14-32,33-15-9-5-10-16-33)34-17-11-6-12-18-34/h4-24,27,36,38-39,43H,25-26,28H2,1-3H3/q+1/t36?,38-,39+/m1/s1. The highest BCUT2D eigenvalue weighted by Gasteiger charge is 2.45. The molecule has 234 valence electrons. The van der Waals surface area contributed by atoms with Crippen LogP contribution in [0.4, 0.5) is 0 Å². The average Bonchev–Trinajstić information content (AvgIpc) is 3.19. The molecule has 46 heavy (non-hydrogen) atoms. The molecular weight excluding hydrogens is 589 g/mol. The SMILES string of the molecule is Cc1ccc([C@H]2Sc3cc(COC(c4ccccc4)(c4ccccc4)c4ccccc4)ccc3C(CCN(C)C)[N+](=O)[C@H]2O)cc1. The van der Waals surface area contributed by atoms with Gasteiger partial charge >= 0.3 is 6.23 Å². The maximum atomic E-state index is 13.8. The van der Waals surface area contributed by atoms with Crippen LogP contribution >= 0.6 is 11.8 Å². The summed E-state index contributed by atoms with van der Waals surface area (Å²) in [5.74, 6) is 0. The smallest absolute Gasteiger partial charge is 0.319 e. The van der Waals surface area contributed by atoms with Gasteiger partial charge in [-0.2, -0.15) is 0 Å². The number of nitroso groups, excluding NO2 is 1. The number of aliphatic hydroxyl groups excluding tert-OH is 1. The van der Waals surface area contributed by atoms with Gasteiger partial charge in [0.15, 0.2) is 0 Å². The molecule has 1 aliphatic rings. The second-order valence-electron chi connectivity index (χ2n) is 12.3. The predicted octanol–water partition coefficient (Wildman–Crippen LogP) is 8.44. The molecule has 3 atom stereocenters. The van der Waals surface area contributed by atoms with E-state index in [1.807, 2.05) is 63.5 Å². The number of aliphatic hydroxyl groups is 1. The van der Waals surface area contributed by atoms with Crippen LogP contribution < -0.4 is 0 Å². The van der Waals surface area contributed by atoms with Crippen LogP contribution in [0.3, 0.4) is 0 Å². The predicted molar refractivity (Wildman–Crippen MR) is 186 cm³/mol. The van der Waals surface area contributed by atoms with Crippen LogP contribution in [0, 0.1) is 11.8 Å². The summed E-state index contributed by atoms with van der Waals surface area (Å²) in [7, 11) is 4.01. The van der Waals surface area contributed by atoms with Crippen LogP contribution in [0.15, 0.2) is 138 Å². The summed E-state index contributed by atoms with van der Waals surface area (Å²) in [6.45, 7) is 3.11. The van der Waals surface area contributed by atoms with Crippen molar-refractivity contribution < 1.29 is 14.6 Å². The monoisotopic (exact) mass is 629 g/mol. The first-order chi connectivity index (χ1) is 22.4. The number of hydrogen-bond acceptors (Lipinski definition) is 5. The van der Waals surface area contributed by atoms with Crippen molar-refractivity contribution >= 4 is 11.8 Å². The van der Waals surface area contributed by atoms with Crippen LogP contribution in [0.5, 0.6) is 0 Å². The molecule has 6 heteroatoms. The quantitative estimate of drug-likeness (QED) is 0.124. The van der Waals surface area contributed by atoms with E-state index in [4.69, 9.17) is 4.74 Å². The lowest BCUT2D eigenvalue weighted by atomic mass is 9.80. The number of benzene rings is 5. The molecule has 0 amide bonds. The molecule has 0 aliphatic carbocycles. The van der Waals surface area contributed by atoms with Crippen molar-refractivity contribution in [3.05, 3.63) is 177 Å². The Morgan fingerprint density at radius 2 is 1.33 bits per heavy atom. The molecule has 0 bridgehead atoms. The minimum atomic E-state index is -1.19. The normalized spacial score (nSPS) is 18.3. The molecular formula is C40H41N2O3S+. The number of aryl methyl sites for hydroxylation is 1. The first-order valence-corrected chi connectivity index (χ1v) is 16.7. The first kappa shape index (κ1) is 31.9. The maximum Gasteiger partial charge on any atom is 0.319 e. The molecule has 1 aliphatic heterocycles. The van der Waals surface area contributed by atoms with Crippen LogP contribution in [-0.2, 0) is 16.9 Å². The van der Waals surface area contributed by atoms with E-state index in [0.717, 1.165) is 55.1 Å². The highest BCUT2D eigenvalue weighted by atomic mass is 32.2. The zero-order valence-corrected chi connectivity index (χ0v) is 27.4. The summed E-state index contributed by atoms with van der Waals surface area (Å²) in [6.07, 6.45) is -0.578. The van der Waals surface area contributed by atoms with Crippen molar-refractivity contribution in [2.45, 2.75) is 48.0 Å². The van der Waals surface area contributed by atoms with Gasteiger partial charge in [-0.15, -0.1) is 11.8 Å². The average molecular weight is 630 g/mol. The number of fused-ring (bicyclic) bond motifs is 1. The topological polar surface area (TPSA) is 52.8 Å². The van der Waals surface area contributed by atoms with E-state index in [2.05, 4.69) is 95.9 Å². The second-order valence-corrected chi connectivity index (χ2v) is 13.5. The maximum absolute atomic E-state index is 13.8. The van der Waals surface area contributed by atoms with Crippen molar-refractivity contribution in [2.75, 3.05) is 20.6 Å². The Labute approximate surface area is 276 Å². The number of rotatable bonds is 10. The van der Waals surface area contributed by atoms with Gasteiger partial charge in [-0.05, 0) is 54.9 Å². The molecule has 5 aromatic carbocycles. The number of hydrogen-bond donors (Lipinski definition) is 1. The van der Waals surface area contributed by atoms with E-state index in [9.17, 15) is 10.0 Å². The zero-order valence-electron chi connectivity index (χ0n) is 26.6. The number of nitrogens with zero attached hydrogens (tertiary/aromatic N) is 2. The fourth-order valence-electron chi connectivity index (χ4n) is 6.32. The van der Waals surface area contributed by atoms with Gasteiger partial charge in [-0.3, -0.25) is 0 Å². The largest absolute Gasteiger partial charge is 0.356 e. The molecule has 0 aromatic heterocycles. The summed E-state index contributed by atoms with van der Waals surface area (Å²) in [6, 6.07) is 45.1. The van der Waals surface area contributed by atoms with Gasteiger partial charge in [0.25, 0.3) is 0 Å². The molecule has 5 aromatic rings. The highest BCUT2D eigenvalue weighted by molar-refractivity contribution is 7.99. The Morgan fingerprint density at radius 3 is 1.85 bits per heavy atom. The first-order valence-electron chi connectivity index (χ1n) is 15.8. The molecule has 6 rings (SSSR count). The Hall–Kier alpha value is -4.07. The molecule has 1 unspecified atom stereocenters. The minimum Gasteiger partial charge on any atom is -0.356 e. The summed E-state index contributed by atoms with van der Waals surface area (Å²) in [4.78, 5) is 16.9. The molecule has 1 heterocycles. The Morgan fingerprint density at radius 1 is 0.783 bits per heavy atom. The summed E-state index contributed by atoms with van der Waals surface area (Å²) in [5.41, 5.74) is 6.31. The summed E-state index contributed by atoms with van der Waals surface area (Å²) >= 11 is 1.56. The van der Waals surface area contributed by atoms with Crippen LogP contribution in [-0.4, -0.2) is 41.6 Å². The number of thioether (sulfide) groups is 1. The summed E-state index contributed by atoms with van der Waals surface area (Å²) < 4.78 is 8.04. The van der Waals surface area contributed by atoms with Gasteiger partial charge in [0, 0.05) is 33.1 Å². The van der Waals surface area contributed by atoms with Gasteiger partial charge in [-0.25, -0.2) is 0 Å². The lowest BCUT2D eigenvalue weighted by molar-refractivity contribution is -0.664. The van der Waals surface area contributed by atoms with Crippen LogP contribution in [0.2, 0.25) is 0 Å². The second kappa shape index (κ2) is 14.1. The summed E-state index contributed by atoms with van der Waals surface area (Å²) in [5, 5.41) is 11.0.